The molecule has 3 heterocycles. The second kappa shape index (κ2) is 13.4. The van der Waals surface area contributed by atoms with E-state index in [-0.39, 0.29) is 24.0 Å². The van der Waals surface area contributed by atoms with Gasteiger partial charge in [0, 0.05) is 31.7 Å². The van der Waals surface area contributed by atoms with Crippen LogP contribution in [0, 0.1) is 0 Å². The van der Waals surface area contributed by atoms with Gasteiger partial charge in [-0.25, -0.2) is 4.99 Å². The number of fused-ring (bicyclic) bond motifs is 1. The fourth-order valence-corrected chi connectivity index (χ4v) is 6.37. The van der Waals surface area contributed by atoms with Crippen LogP contribution < -0.4 is 24.4 Å². The van der Waals surface area contributed by atoms with E-state index in [0.29, 0.717) is 71.5 Å². The number of para-hydroxylation sites is 1. The predicted molar refractivity (Wildman–Crippen MR) is 164 cm³/mol. The molecule has 0 saturated carbocycles. The van der Waals surface area contributed by atoms with Gasteiger partial charge in [0.2, 0.25) is 0 Å². The summed E-state index contributed by atoms with van der Waals surface area (Å²) in [4.78, 5) is 48.9. The van der Waals surface area contributed by atoms with E-state index in [9.17, 15) is 14.4 Å². The minimum Gasteiger partial charge on any atom is -0.496 e. The number of allylic oxidation sites excluding steroid dienone is 1. The summed E-state index contributed by atoms with van der Waals surface area (Å²) >= 11 is 1.28. The molecule has 1 fully saturated rings. The van der Waals surface area contributed by atoms with Crippen molar-refractivity contribution in [2.24, 2.45) is 4.99 Å². The second-order valence-electron chi connectivity index (χ2n) is 10.2. The van der Waals surface area contributed by atoms with E-state index in [1.807, 2.05) is 57.2 Å². The summed E-state index contributed by atoms with van der Waals surface area (Å²) < 4.78 is 18.8. The molecule has 0 aliphatic carbocycles. The van der Waals surface area contributed by atoms with Crippen molar-refractivity contribution in [1.82, 2.24) is 14.4 Å². The Balaban J connectivity index is 1.48. The van der Waals surface area contributed by atoms with Crippen LogP contribution in [0.25, 0.3) is 6.08 Å². The standard InChI is InChI=1S/C32H36N4O6S/c1-5-34(6-2)31(39)28-21(3)33-32-36(29(28)24-9-7-8-10-25(24)40-4)30(38)26(43-32)19-22-11-13-23(14-12-22)42-20-27(37)35-15-17-41-18-16-35/h7-14,19,29H,5-6,15-18,20H2,1-4H3/b26-19-/t29-/m0/s1. The van der Waals surface area contributed by atoms with Crippen molar-refractivity contribution in [2.75, 3.05) is 53.1 Å². The van der Waals surface area contributed by atoms with Gasteiger partial charge < -0.3 is 24.0 Å². The number of carbonyl (C=O) groups excluding carboxylic acids is 2. The molecule has 0 radical (unpaired) electrons. The van der Waals surface area contributed by atoms with Crippen LogP contribution in [0.4, 0.5) is 0 Å². The van der Waals surface area contributed by atoms with Crippen LogP contribution in [0.2, 0.25) is 0 Å². The average Bonchev–Trinajstić information content (AvgIpc) is 3.34. The second-order valence-corrected chi connectivity index (χ2v) is 11.2. The molecule has 1 atom stereocenters. The Morgan fingerprint density at radius 2 is 1.79 bits per heavy atom. The molecule has 2 aliphatic rings. The minimum absolute atomic E-state index is 0.0468. The van der Waals surface area contributed by atoms with Gasteiger partial charge in [0.1, 0.15) is 17.5 Å². The Hall–Kier alpha value is -4.22. The summed E-state index contributed by atoms with van der Waals surface area (Å²) in [7, 11) is 1.58. The molecule has 11 heteroatoms. The quantitative estimate of drug-likeness (QED) is 0.372. The molecule has 0 N–H and O–H groups in total. The number of nitrogens with zero attached hydrogens (tertiary/aromatic N) is 4. The molecular formula is C32H36N4O6S. The van der Waals surface area contributed by atoms with Crippen molar-refractivity contribution in [3.05, 3.63) is 90.6 Å². The van der Waals surface area contributed by atoms with Gasteiger partial charge in [-0.1, -0.05) is 41.7 Å². The molecule has 2 aliphatic heterocycles. The van der Waals surface area contributed by atoms with Crippen molar-refractivity contribution < 1.29 is 23.8 Å². The van der Waals surface area contributed by atoms with E-state index >= 15 is 0 Å². The molecule has 2 aromatic carbocycles. The van der Waals surface area contributed by atoms with Crippen LogP contribution in [-0.2, 0) is 14.3 Å². The maximum Gasteiger partial charge on any atom is 0.271 e. The lowest BCUT2D eigenvalue weighted by atomic mass is 9.94. The summed E-state index contributed by atoms with van der Waals surface area (Å²) in [5, 5.41) is 0. The first-order valence-electron chi connectivity index (χ1n) is 14.4. The largest absolute Gasteiger partial charge is 0.496 e. The first-order valence-corrected chi connectivity index (χ1v) is 15.2. The maximum absolute atomic E-state index is 14.0. The Morgan fingerprint density at radius 1 is 1.09 bits per heavy atom. The number of hydrogen-bond donors (Lipinski definition) is 0. The van der Waals surface area contributed by atoms with Crippen molar-refractivity contribution in [1.29, 1.82) is 0 Å². The highest BCUT2D eigenvalue weighted by atomic mass is 32.1. The minimum atomic E-state index is -0.692. The number of morpholine rings is 1. The molecule has 5 rings (SSSR count). The van der Waals surface area contributed by atoms with E-state index in [1.165, 1.54) is 11.3 Å². The van der Waals surface area contributed by atoms with Gasteiger partial charge in [-0.05, 0) is 50.6 Å². The lowest BCUT2D eigenvalue weighted by Crippen LogP contribution is -2.43. The van der Waals surface area contributed by atoms with Crippen LogP contribution >= 0.6 is 11.3 Å². The van der Waals surface area contributed by atoms with E-state index in [2.05, 4.69) is 0 Å². The smallest absolute Gasteiger partial charge is 0.271 e. The fraction of sp³-hybridized carbons (Fsp3) is 0.375. The normalized spacial score (nSPS) is 16.9. The van der Waals surface area contributed by atoms with Gasteiger partial charge in [0.15, 0.2) is 11.4 Å². The van der Waals surface area contributed by atoms with Crippen LogP contribution in [0.3, 0.4) is 0 Å². The van der Waals surface area contributed by atoms with Crippen LogP contribution in [0.1, 0.15) is 37.9 Å². The van der Waals surface area contributed by atoms with Gasteiger partial charge >= 0.3 is 0 Å². The number of carbonyl (C=O) groups is 2. The number of methoxy groups -OCH3 is 1. The van der Waals surface area contributed by atoms with Gasteiger partial charge in [0.25, 0.3) is 17.4 Å². The zero-order valence-electron chi connectivity index (χ0n) is 24.9. The molecule has 226 valence electrons. The summed E-state index contributed by atoms with van der Waals surface area (Å²) in [6.07, 6.45) is 1.80. The van der Waals surface area contributed by atoms with Crippen LogP contribution in [-0.4, -0.2) is 79.3 Å². The van der Waals surface area contributed by atoms with Gasteiger partial charge in [-0.15, -0.1) is 0 Å². The monoisotopic (exact) mass is 604 g/mol. The SMILES string of the molecule is CCN(CC)C(=O)C1=C(C)N=c2s/c(=C\c3ccc(OCC(=O)N4CCOCC4)cc3)c(=O)n2[C@H]1c1ccccc1OC. The highest BCUT2D eigenvalue weighted by Crippen LogP contribution is 2.36. The fourth-order valence-electron chi connectivity index (χ4n) is 5.32. The molecule has 1 aromatic heterocycles. The molecule has 10 nitrogen and oxygen atoms in total. The number of rotatable bonds is 9. The Morgan fingerprint density at radius 3 is 2.47 bits per heavy atom. The summed E-state index contributed by atoms with van der Waals surface area (Å²) in [6, 6.07) is 14.0. The molecule has 3 aromatic rings. The highest BCUT2D eigenvalue weighted by molar-refractivity contribution is 7.07. The number of hydrogen-bond acceptors (Lipinski definition) is 8. The number of amides is 2. The zero-order chi connectivity index (χ0) is 30.5. The number of aromatic nitrogens is 1. The van der Waals surface area contributed by atoms with Crippen molar-refractivity contribution >= 4 is 29.2 Å². The number of ether oxygens (including phenoxy) is 3. The predicted octanol–water partition coefficient (Wildman–Crippen LogP) is 2.35. The lowest BCUT2D eigenvalue weighted by Gasteiger charge is -2.29. The van der Waals surface area contributed by atoms with E-state index in [0.717, 1.165) is 11.1 Å². The van der Waals surface area contributed by atoms with Crippen molar-refractivity contribution in [3.8, 4) is 11.5 Å². The average molecular weight is 605 g/mol. The third-order valence-corrected chi connectivity index (χ3v) is 8.62. The molecule has 0 unspecified atom stereocenters. The number of benzene rings is 2. The van der Waals surface area contributed by atoms with Crippen molar-refractivity contribution in [2.45, 2.75) is 26.8 Å². The summed E-state index contributed by atoms with van der Waals surface area (Å²) in [5.41, 5.74) is 2.30. The lowest BCUT2D eigenvalue weighted by molar-refractivity contribution is -0.137. The summed E-state index contributed by atoms with van der Waals surface area (Å²) in [6.45, 7) is 8.94. The molecule has 1 saturated heterocycles. The van der Waals surface area contributed by atoms with Crippen LogP contribution in [0.15, 0.2) is 69.6 Å². The highest BCUT2D eigenvalue weighted by Gasteiger charge is 2.35. The molecule has 0 bridgehead atoms. The van der Waals surface area contributed by atoms with Crippen molar-refractivity contribution in [3.63, 3.8) is 0 Å². The molecule has 43 heavy (non-hydrogen) atoms. The topological polar surface area (TPSA) is 103 Å². The van der Waals surface area contributed by atoms with E-state index < -0.39 is 6.04 Å². The Kier molecular flexibility index (Phi) is 9.42. The molecule has 2 amide bonds. The van der Waals surface area contributed by atoms with Gasteiger partial charge in [-0.3, -0.25) is 19.0 Å². The maximum atomic E-state index is 14.0. The number of likely N-dealkylation sites (N-methyl/N-ethyl adjacent to an activating group) is 1. The Bertz CT molecular complexity index is 1700. The first kappa shape index (κ1) is 30.2. The molecular weight excluding hydrogens is 568 g/mol. The number of thiazole rings is 1. The van der Waals surface area contributed by atoms with E-state index in [1.54, 1.807) is 39.7 Å². The zero-order valence-corrected chi connectivity index (χ0v) is 25.7. The third kappa shape index (κ3) is 6.28. The Labute approximate surface area is 254 Å². The first-order chi connectivity index (χ1) is 20.9. The van der Waals surface area contributed by atoms with Gasteiger partial charge in [-0.2, -0.15) is 0 Å². The third-order valence-electron chi connectivity index (χ3n) is 7.64. The van der Waals surface area contributed by atoms with E-state index in [4.69, 9.17) is 19.2 Å². The van der Waals surface area contributed by atoms with Gasteiger partial charge in [0.05, 0.1) is 36.1 Å². The van der Waals surface area contributed by atoms with Crippen LogP contribution in [0.5, 0.6) is 11.5 Å². The molecule has 0 spiro atoms. The summed E-state index contributed by atoms with van der Waals surface area (Å²) in [5.74, 6) is 0.919.